The fourth-order valence-electron chi connectivity index (χ4n) is 9.89. The van der Waals surface area contributed by atoms with Gasteiger partial charge in [-0.05, 0) is 97.9 Å². The molecule has 0 spiro atoms. The molecule has 16 heteroatoms. The minimum Gasteiger partial charge on any atom is -0.393 e. The lowest BCUT2D eigenvalue weighted by molar-refractivity contribution is -0.126. The van der Waals surface area contributed by atoms with E-state index in [0.717, 1.165) is 111 Å². The number of nitrogens with zero attached hydrogens (tertiary/aromatic N) is 6. The topological polar surface area (TPSA) is 147 Å². The van der Waals surface area contributed by atoms with Gasteiger partial charge in [0.15, 0.2) is 0 Å². The standard InChI is InChI=1S/C52H62ClFN8O6/c1-35-4-15-48(50(64)56-35)62-33-39-27-36(7-14-45(39)51(62)65)3-2-21-66-23-25-68-26-24-67-22-20-59-16-18-60(19-17-59)32-37-5-8-38(9-6-37)47-34-61(43-10-12-44(63)13-11-43)49-46(47)31-55-52(58-49)57-42-29-40(53)28-41(54)30-42/h5-9,14,27-31,34,43-44,48,63H,1-4,10-13,15-26,32-33H2,(H,56,64)(H,55,57,58). The number of piperazine rings is 1. The van der Waals surface area contributed by atoms with E-state index >= 15 is 0 Å². The summed E-state index contributed by atoms with van der Waals surface area (Å²) in [6, 6.07) is 18.8. The van der Waals surface area contributed by atoms with Crippen LogP contribution in [0.4, 0.5) is 16.0 Å². The zero-order valence-electron chi connectivity index (χ0n) is 38.6. The molecule has 360 valence electrons. The van der Waals surface area contributed by atoms with E-state index in [1.54, 1.807) is 11.0 Å². The van der Waals surface area contributed by atoms with Crippen LogP contribution in [0.15, 0.2) is 85.3 Å². The molecule has 5 heterocycles. The average molecular weight is 950 g/mol. The minimum atomic E-state index is -0.445. The highest BCUT2D eigenvalue weighted by molar-refractivity contribution is 6.30. The van der Waals surface area contributed by atoms with E-state index in [1.165, 1.54) is 17.7 Å². The second-order valence-corrected chi connectivity index (χ2v) is 18.9. The quantitative estimate of drug-likeness (QED) is 0.0662. The van der Waals surface area contributed by atoms with Crippen molar-refractivity contribution in [2.75, 3.05) is 77.7 Å². The van der Waals surface area contributed by atoms with Crippen molar-refractivity contribution in [3.63, 3.8) is 0 Å². The molecule has 3 N–H and O–H groups in total. The summed E-state index contributed by atoms with van der Waals surface area (Å²) in [6.07, 6.45) is 9.97. The maximum atomic E-state index is 14.1. The van der Waals surface area contributed by atoms with Gasteiger partial charge in [-0.3, -0.25) is 19.4 Å². The maximum Gasteiger partial charge on any atom is 0.255 e. The van der Waals surface area contributed by atoms with Gasteiger partial charge in [-0.2, -0.15) is 4.98 Å². The van der Waals surface area contributed by atoms with E-state index in [2.05, 4.69) is 73.1 Å². The molecule has 2 saturated heterocycles. The fraction of sp³-hybridized carbons (Fsp3) is 0.462. The number of aryl methyl sites for hydroxylation is 1. The number of carbonyl (C=O) groups excluding carboxylic acids is 2. The van der Waals surface area contributed by atoms with Gasteiger partial charge in [-0.15, -0.1) is 0 Å². The molecule has 0 bridgehead atoms. The molecule has 1 saturated carbocycles. The second kappa shape index (κ2) is 22.4. The number of benzene rings is 3. The number of piperidine rings is 1. The Bertz CT molecular complexity index is 2540. The zero-order valence-corrected chi connectivity index (χ0v) is 39.4. The van der Waals surface area contributed by atoms with Crippen LogP contribution in [0.25, 0.3) is 22.2 Å². The Hall–Kier alpha value is -5.26. The normalized spacial score (nSPS) is 20.3. The summed E-state index contributed by atoms with van der Waals surface area (Å²) in [5, 5.41) is 17.4. The van der Waals surface area contributed by atoms with Gasteiger partial charge in [-0.25, -0.2) is 9.37 Å². The first-order valence-electron chi connectivity index (χ1n) is 24.1. The monoisotopic (exact) mass is 948 g/mol. The summed E-state index contributed by atoms with van der Waals surface area (Å²) >= 11 is 6.10. The molecule has 1 atom stereocenters. The molecule has 3 aliphatic heterocycles. The minimum absolute atomic E-state index is 0.0736. The van der Waals surface area contributed by atoms with Crippen LogP contribution >= 0.6 is 11.6 Å². The molecule has 68 heavy (non-hydrogen) atoms. The van der Waals surface area contributed by atoms with Gasteiger partial charge in [0.25, 0.3) is 5.91 Å². The van der Waals surface area contributed by atoms with Crippen molar-refractivity contribution in [3.05, 3.63) is 118 Å². The first kappa shape index (κ1) is 47.8. The van der Waals surface area contributed by atoms with E-state index in [9.17, 15) is 19.1 Å². The lowest BCUT2D eigenvalue weighted by atomic mass is 9.93. The van der Waals surface area contributed by atoms with E-state index in [4.69, 9.17) is 30.8 Å². The second-order valence-electron chi connectivity index (χ2n) is 18.5. The van der Waals surface area contributed by atoms with Crippen LogP contribution in [0.3, 0.4) is 0 Å². The number of amides is 2. The van der Waals surface area contributed by atoms with Gasteiger partial charge >= 0.3 is 0 Å². The smallest absolute Gasteiger partial charge is 0.255 e. The first-order valence-corrected chi connectivity index (χ1v) is 24.5. The number of carbonyl (C=O) groups is 2. The number of aliphatic hydroxyl groups excluding tert-OH is 1. The van der Waals surface area contributed by atoms with E-state index in [1.807, 2.05) is 18.3 Å². The molecular formula is C52H62ClFN8O6. The van der Waals surface area contributed by atoms with Crippen molar-refractivity contribution in [1.82, 2.24) is 34.6 Å². The third-order valence-electron chi connectivity index (χ3n) is 13.6. The molecule has 14 nitrogen and oxygen atoms in total. The summed E-state index contributed by atoms with van der Waals surface area (Å²) in [7, 11) is 0. The lowest BCUT2D eigenvalue weighted by Crippen LogP contribution is -2.49. The zero-order chi connectivity index (χ0) is 47.0. The van der Waals surface area contributed by atoms with Crippen LogP contribution in [0.1, 0.15) is 78.0 Å². The number of allylic oxidation sites excluding steroid dienone is 1. The van der Waals surface area contributed by atoms with Crippen molar-refractivity contribution < 1.29 is 33.3 Å². The number of fused-ring (bicyclic) bond motifs is 2. The summed E-state index contributed by atoms with van der Waals surface area (Å²) < 4.78 is 33.7. The Morgan fingerprint density at radius 1 is 0.838 bits per heavy atom. The number of hydrogen-bond donors (Lipinski definition) is 3. The molecule has 5 aromatic rings. The number of hydrogen-bond acceptors (Lipinski definition) is 11. The maximum absolute atomic E-state index is 14.1. The Morgan fingerprint density at radius 2 is 1.56 bits per heavy atom. The third-order valence-corrected chi connectivity index (χ3v) is 13.9. The number of aliphatic hydroxyl groups is 1. The Morgan fingerprint density at radius 3 is 2.31 bits per heavy atom. The number of aromatic nitrogens is 3. The third kappa shape index (κ3) is 11.9. The van der Waals surface area contributed by atoms with E-state index in [0.29, 0.717) is 86.9 Å². The molecule has 9 rings (SSSR count). The van der Waals surface area contributed by atoms with E-state index in [-0.39, 0.29) is 24.0 Å². The SMILES string of the molecule is C=C1CCC(N2Cc3cc(CCCOCCOCCOCCN4CCN(Cc5ccc(-c6cn(C7CCC(O)CC7)c7nc(Nc8cc(F)cc(Cl)c8)ncc67)cc5)CC4)ccc3C2=O)C(=O)N1. The van der Waals surface area contributed by atoms with Crippen molar-refractivity contribution in [2.24, 2.45) is 0 Å². The van der Waals surface area contributed by atoms with Crippen molar-refractivity contribution in [1.29, 1.82) is 0 Å². The van der Waals surface area contributed by atoms with Crippen LogP contribution in [-0.2, 0) is 38.5 Å². The highest BCUT2D eigenvalue weighted by Crippen LogP contribution is 2.37. The number of ether oxygens (including phenoxy) is 3. The van der Waals surface area contributed by atoms with Gasteiger partial charge in [0, 0.05) is 104 Å². The Balaban J connectivity index is 0.645. The van der Waals surface area contributed by atoms with Crippen LogP contribution in [-0.4, -0.2) is 131 Å². The van der Waals surface area contributed by atoms with Crippen molar-refractivity contribution >= 4 is 46.1 Å². The van der Waals surface area contributed by atoms with Gasteiger partial charge in [0.1, 0.15) is 17.5 Å². The fourth-order valence-corrected chi connectivity index (χ4v) is 10.1. The number of halogens is 2. The van der Waals surface area contributed by atoms with Crippen molar-refractivity contribution in [3.8, 4) is 11.1 Å². The summed E-state index contributed by atoms with van der Waals surface area (Å²) in [5.41, 5.74) is 8.23. The van der Waals surface area contributed by atoms with Crippen LogP contribution in [0, 0.1) is 5.82 Å². The van der Waals surface area contributed by atoms with Crippen molar-refractivity contribution in [2.45, 2.75) is 82.6 Å². The Labute approximate surface area is 402 Å². The molecule has 4 aliphatic rings. The number of nitrogens with one attached hydrogen (secondary N) is 2. The summed E-state index contributed by atoms with van der Waals surface area (Å²) in [5.74, 6) is -0.297. The molecule has 1 aliphatic carbocycles. The molecular weight excluding hydrogens is 887 g/mol. The van der Waals surface area contributed by atoms with Gasteiger partial charge < -0.3 is 39.4 Å². The number of rotatable bonds is 20. The molecule has 0 radical (unpaired) electrons. The average Bonchev–Trinajstić information content (AvgIpc) is 3.86. The van der Waals surface area contributed by atoms with Gasteiger partial charge in [0.2, 0.25) is 11.9 Å². The summed E-state index contributed by atoms with van der Waals surface area (Å²) in [6.45, 7) is 13.5. The van der Waals surface area contributed by atoms with Crippen LogP contribution in [0.5, 0.6) is 0 Å². The molecule has 2 amide bonds. The molecule has 1 unspecified atom stereocenters. The lowest BCUT2D eigenvalue weighted by Gasteiger charge is -2.34. The van der Waals surface area contributed by atoms with Gasteiger partial charge in [-0.1, -0.05) is 54.6 Å². The number of anilines is 2. The predicted molar refractivity (Wildman–Crippen MR) is 260 cm³/mol. The highest BCUT2D eigenvalue weighted by atomic mass is 35.5. The van der Waals surface area contributed by atoms with Crippen LogP contribution in [0.2, 0.25) is 5.02 Å². The molecule has 3 fully saturated rings. The summed E-state index contributed by atoms with van der Waals surface area (Å²) in [4.78, 5) is 41.7. The van der Waals surface area contributed by atoms with Gasteiger partial charge in [0.05, 0.1) is 39.1 Å². The highest BCUT2D eigenvalue weighted by Gasteiger charge is 2.38. The molecule has 2 aromatic heterocycles. The van der Waals surface area contributed by atoms with Crippen LogP contribution < -0.4 is 10.6 Å². The predicted octanol–water partition coefficient (Wildman–Crippen LogP) is 7.66. The Kier molecular flexibility index (Phi) is 15.8. The van der Waals surface area contributed by atoms with E-state index < -0.39 is 11.9 Å². The first-order chi connectivity index (χ1) is 33.1. The molecule has 3 aromatic carbocycles. The largest absolute Gasteiger partial charge is 0.393 e.